The number of fused-ring (bicyclic) bond motifs is 1. The molecular weight excluding hydrogens is 298 g/mol. The molecule has 1 aromatic rings. The summed E-state index contributed by atoms with van der Waals surface area (Å²) in [7, 11) is 0. The Morgan fingerprint density at radius 2 is 2.17 bits per heavy atom. The van der Waals surface area contributed by atoms with Crippen LogP contribution >= 0.6 is 0 Å². The summed E-state index contributed by atoms with van der Waals surface area (Å²) in [4.78, 5) is 0. The molecule has 1 aromatic carbocycles. The van der Waals surface area contributed by atoms with E-state index in [2.05, 4.69) is 25.1 Å². The Bertz CT molecular complexity index is 545. The Morgan fingerprint density at radius 3 is 2.92 bits per heavy atom. The molecule has 1 aliphatic carbocycles. The molecule has 0 bridgehead atoms. The van der Waals surface area contributed by atoms with Gasteiger partial charge in [-0.15, -0.1) is 0 Å². The van der Waals surface area contributed by atoms with Crippen LogP contribution < -0.4 is 10.5 Å². The van der Waals surface area contributed by atoms with Gasteiger partial charge in [0.05, 0.1) is 13.2 Å². The molecule has 0 amide bonds. The van der Waals surface area contributed by atoms with Crippen molar-refractivity contribution < 1.29 is 9.84 Å². The fraction of sp³-hybridized carbons (Fsp3) is 0.714. The van der Waals surface area contributed by atoms with Gasteiger partial charge in [0.25, 0.3) is 0 Å². The van der Waals surface area contributed by atoms with Gasteiger partial charge in [-0.1, -0.05) is 44.7 Å². The molecule has 3 rings (SSSR count). The molecule has 3 atom stereocenters. The number of rotatable bonds is 7. The van der Waals surface area contributed by atoms with E-state index in [4.69, 9.17) is 10.5 Å². The molecule has 3 N–H and O–H groups in total. The zero-order valence-corrected chi connectivity index (χ0v) is 15.1. The summed E-state index contributed by atoms with van der Waals surface area (Å²) in [5.74, 6) is 2.22. The number of benzene rings is 1. The second-order valence-corrected chi connectivity index (χ2v) is 8.06. The lowest BCUT2D eigenvalue weighted by atomic mass is 9.88. The molecule has 134 valence electrons. The molecule has 3 unspecified atom stereocenters. The van der Waals surface area contributed by atoms with Crippen molar-refractivity contribution in [3.63, 3.8) is 0 Å². The number of ether oxygens (including phenoxy) is 1. The van der Waals surface area contributed by atoms with Gasteiger partial charge in [0.1, 0.15) is 5.75 Å². The Hall–Kier alpha value is -1.06. The van der Waals surface area contributed by atoms with E-state index in [1.807, 2.05) is 0 Å². The van der Waals surface area contributed by atoms with Gasteiger partial charge in [0.2, 0.25) is 0 Å². The highest BCUT2D eigenvalue weighted by Gasteiger charge is 2.36. The number of nitrogens with two attached hydrogens (primary N) is 1. The zero-order chi connectivity index (χ0) is 17.0. The van der Waals surface area contributed by atoms with Gasteiger partial charge in [-0.2, -0.15) is 0 Å². The molecule has 0 saturated heterocycles. The number of hydrogen-bond acceptors (Lipinski definition) is 3. The summed E-state index contributed by atoms with van der Waals surface area (Å²) in [6.07, 6.45) is 10.6. The first-order valence-corrected chi connectivity index (χ1v) is 9.79. The Balaban J connectivity index is 1.58. The lowest BCUT2D eigenvalue weighted by Crippen LogP contribution is -2.40. The monoisotopic (exact) mass is 331 g/mol. The Kier molecular flexibility index (Phi) is 5.83. The van der Waals surface area contributed by atoms with Crippen LogP contribution in [0.15, 0.2) is 18.2 Å². The highest BCUT2D eigenvalue weighted by Crippen LogP contribution is 2.41. The number of unbranched alkanes of at least 4 members (excludes halogenated alkanes) is 3. The lowest BCUT2D eigenvalue weighted by Gasteiger charge is -2.27. The first-order valence-electron chi connectivity index (χ1n) is 9.79. The van der Waals surface area contributed by atoms with E-state index >= 15 is 0 Å². The van der Waals surface area contributed by atoms with E-state index in [-0.39, 0.29) is 12.1 Å². The van der Waals surface area contributed by atoms with Crippen LogP contribution in [0, 0.1) is 5.92 Å². The van der Waals surface area contributed by atoms with Crippen LogP contribution in [0.3, 0.4) is 0 Å². The zero-order valence-electron chi connectivity index (χ0n) is 15.1. The quantitative estimate of drug-likeness (QED) is 0.737. The van der Waals surface area contributed by atoms with E-state index in [0.29, 0.717) is 11.8 Å². The normalized spacial score (nSPS) is 29.3. The SMILES string of the molecule is CCCCCCC1COc2cc(C3CCC(N)(CO)C3)ccc2C1. The molecule has 0 aromatic heterocycles. The molecule has 1 saturated carbocycles. The van der Waals surface area contributed by atoms with Crippen molar-refractivity contribution in [1.29, 1.82) is 0 Å². The summed E-state index contributed by atoms with van der Waals surface area (Å²) in [6.45, 7) is 3.21. The summed E-state index contributed by atoms with van der Waals surface area (Å²) in [6, 6.07) is 6.75. The second-order valence-electron chi connectivity index (χ2n) is 8.06. The van der Waals surface area contributed by atoms with Gasteiger partial charge >= 0.3 is 0 Å². The highest BCUT2D eigenvalue weighted by molar-refractivity contribution is 5.41. The van der Waals surface area contributed by atoms with Crippen LogP contribution in [-0.4, -0.2) is 23.9 Å². The Morgan fingerprint density at radius 1 is 1.29 bits per heavy atom. The van der Waals surface area contributed by atoms with Gasteiger partial charge in [-0.05, 0) is 61.1 Å². The summed E-state index contributed by atoms with van der Waals surface area (Å²) < 4.78 is 6.09. The topological polar surface area (TPSA) is 55.5 Å². The van der Waals surface area contributed by atoms with Crippen molar-refractivity contribution in [3.8, 4) is 5.75 Å². The maximum absolute atomic E-state index is 9.47. The van der Waals surface area contributed by atoms with Gasteiger partial charge in [0, 0.05) is 5.54 Å². The molecular formula is C21H33NO2. The molecule has 24 heavy (non-hydrogen) atoms. The minimum atomic E-state index is -0.384. The summed E-state index contributed by atoms with van der Waals surface area (Å²) in [5.41, 5.74) is 8.54. The van der Waals surface area contributed by atoms with Crippen molar-refractivity contribution in [3.05, 3.63) is 29.3 Å². The minimum Gasteiger partial charge on any atom is -0.493 e. The molecule has 3 nitrogen and oxygen atoms in total. The fourth-order valence-electron chi connectivity index (χ4n) is 4.34. The van der Waals surface area contributed by atoms with Crippen LogP contribution in [0.5, 0.6) is 5.75 Å². The molecule has 1 heterocycles. The summed E-state index contributed by atoms with van der Waals surface area (Å²) in [5, 5.41) is 9.47. The molecule has 1 aliphatic heterocycles. The van der Waals surface area contributed by atoms with Crippen molar-refractivity contribution in [2.45, 2.75) is 76.2 Å². The van der Waals surface area contributed by atoms with Crippen molar-refractivity contribution in [2.75, 3.05) is 13.2 Å². The van der Waals surface area contributed by atoms with Gasteiger partial charge in [0.15, 0.2) is 0 Å². The maximum atomic E-state index is 9.47. The minimum absolute atomic E-state index is 0.0879. The smallest absolute Gasteiger partial charge is 0.122 e. The third-order valence-corrected chi connectivity index (χ3v) is 5.97. The fourth-order valence-corrected chi connectivity index (χ4v) is 4.34. The third-order valence-electron chi connectivity index (χ3n) is 5.97. The van der Waals surface area contributed by atoms with Gasteiger partial charge < -0.3 is 15.6 Å². The van der Waals surface area contributed by atoms with Crippen LogP contribution in [0.1, 0.15) is 75.3 Å². The highest BCUT2D eigenvalue weighted by atomic mass is 16.5. The Labute approximate surface area is 146 Å². The average Bonchev–Trinajstić information content (AvgIpc) is 3.01. The third kappa shape index (κ3) is 4.12. The second kappa shape index (κ2) is 7.88. The van der Waals surface area contributed by atoms with Crippen molar-refractivity contribution in [1.82, 2.24) is 0 Å². The van der Waals surface area contributed by atoms with E-state index in [1.165, 1.54) is 43.2 Å². The number of aliphatic hydroxyl groups is 1. The van der Waals surface area contributed by atoms with Crippen LogP contribution in [0.4, 0.5) is 0 Å². The van der Waals surface area contributed by atoms with Gasteiger partial charge in [-0.25, -0.2) is 0 Å². The molecule has 2 aliphatic rings. The van der Waals surface area contributed by atoms with Crippen LogP contribution in [0.25, 0.3) is 0 Å². The van der Waals surface area contributed by atoms with E-state index in [0.717, 1.165) is 38.0 Å². The van der Waals surface area contributed by atoms with Crippen molar-refractivity contribution in [2.24, 2.45) is 11.7 Å². The van der Waals surface area contributed by atoms with Crippen LogP contribution in [0.2, 0.25) is 0 Å². The molecule has 3 heteroatoms. The lowest BCUT2D eigenvalue weighted by molar-refractivity contribution is 0.198. The average molecular weight is 332 g/mol. The summed E-state index contributed by atoms with van der Waals surface area (Å²) >= 11 is 0. The molecule has 0 radical (unpaired) electrons. The molecule has 0 spiro atoms. The first kappa shape index (κ1) is 17.8. The number of hydrogen-bond donors (Lipinski definition) is 2. The van der Waals surface area contributed by atoms with Crippen LogP contribution in [-0.2, 0) is 6.42 Å². The van der Waals surface area contributed by atoms with Gasteiger partial charge in [-0.3, -0.25) is 0 Å². The van der Waals surface area contributed by atoms with E-state index in [9.17, 15) is 5.11 Å². The molecule has 1 fully saturated rings. The predicted molar refractivity (Wildman–Crippen MR) is 98.5 cm³/mol. The maximum Gasteiger partial charge on any atom is 0.122 e. The standard InChI is InChI=1S/C21H33NO2/c1-2-3-4-5-6-16-11-18-8-7-17(12-20(18)24-14-16)19-9-10-21(22,13-19)15-23/h7-8,12,16,19,23H,2-6,9-11,13-15,22H2,1H3. The van der Waals surface area contributed by atoms with E-state index in [1.54, 1.807) is 0 Å². The van der Waals surface area contributed by atoms with Crippen molar-refractivity contribution >= 4 is 0 Å². The predicted octanol–water partition coefficient (Wildman–Crippen LogP) is 4.17. The number of aliphatic hydroxyl groups excluding tert-OH is 1. The largest absolute Gasteiger partial charge is 0.493 e. The first-order chi connectivity index (χ1) is 11.6. The van der Waals surface area contributed by atoms with E-state index < -0.39 is 0 Å².